The van der Waals surface area contributed by atoms with Gasteiger partial charge in [-0.2, -0.15) is 0 Å². The van der Waals surface area contributed by atoms with Crippen molar-refractivity contribution in [2.75, 3.05) is 10.1 Å². The van der Waals surface area contributed by atoms with Gasteiger partial charge in [0, 0.05) is 0 Å². The molecular formula is C12H8N2O3-2. The second-order valence-corrected chi connectivity index (χ2v) is 3.72. The lowest BCUT2D eigenvalue weighted by atomic mass is 10.1. The molecule has 0 aromatic heterocycles. The second kappa shape index (κ2) is 3.38. The molecule has 17 heavy (non-hydrogen) atoms. The van der Waals surface area contributed by atoms with Gasteiger partial charge in [0.15, 0.2) is 0 Å². The van der Waals surface area contributed by atoms with Gasteiger partial charge in [-0.05, 0) is 18.2 Å². The van der Waals surface area contributed by atoms with Gasteiger partial charge in [-0.25, -0.2) is 5.06 Å². The van der Waals surface area contributed by atoms with Crippen molar-refractivity contribution in [3.63, 3.8) is 0 Å². The van der Waals surface area contributed by atoms with Gasteiger partial charge in [0.05, 0.1) is 22.7 Å². The van der Waals surface area contributed by atoms with E-state index in [0.29, 0.717) is 16.4 Å². The molecule has 5 nitrogen and oxygen atoms in total. The van der Waals surface area contributed by atoms with Gasteiger partial charge in [-0.3, -0.25) is 5.21 Å². The van der Waals surface area contributed by atoms with E-state index in [-0.39, 0.29) is 17.1 Å². The summed E-state index contributed by atoms with van der Waals surface area (Å²) < 4.78 is 0. The Morgan fingerprint density at radius 2 is 1.53 bits per heavy atom. The van der Waals surface area contributed by atoms with Crippen LogP contribution in [-0.4, -0.2) is 5.21 Å². The molecule has 0 atom stereocenters. The van der Waals surface area contributed by atoms with Crippen LogP contribution in [0, 0.1) is 5.21 Å². The molecule has 2 aromatic rings. The fourth-order valence-corrected chi connectivity index (χ4v) is 1.95. The summed E-state index contributed by atoms with van der Waals surface area (Å²) >= 11 is 0. The number of hydrogen-bond acceptors (Lipinski definition) is 5. The summed E-state index contributed by atoms with van der Waals surface area (Å²) in [6.45, 7) is 0. The zero-order chi connectivity index (χ0) is 12.0. The zero-order valence-electron chi connectivity index (χ0n) is 8.70. The molecule has 1 aliphatic rings. The van der Waals surface area contributed by atoms with E-state index in [0.717, 1.165) is 5.06 Å². The van der Waals surface area contributed by atoms with Crippen LogP contribution in [0.1, 0.15) is 0 Å². The highest BCUT2D eigenvalue weighted by atomic mass is 16.5. The largest absolute Gasteiger partial charge is 0.871 e. The molecular weight excluding hydrogens is 220 g/mol. The summed E-state index contributed by atoms with van der Waals surface area (Å²) in [5.74, 6) is -0.389. The normalized spacial score (nSPS) is 13.3. The van der Waals surface area contributed by atoms with Crippen LogP contribution in [0.3, 0.4) is 0 Å². The highest BCUT2D eigenvalue weighted by molar-refractivity contribution is 5.94. The third-order valence-corrected chi connectivity index (χ3v) is 2.74. The van der Waals surface area contributed by atoms with Crippen molar-refractivity contribution in [1.29, 1.82) is 0 Å². The minimum Gasteiger partial charge on any atom is -0.871 e. The van der Waals surface area contributed by atoms with Gasteiger partial charge in [-0.1, -0.05) is 30.0 Å². The van der Waals surface area contributed by atoms with Crippen molar-refractivity contribution in [2.24, 2.45) is 0 Å². The predicted molar refractivity (Wildman–Crippen MR) is 61.8 cm³/mol. The standard InChI is InChI=1S/C12H9N2O3/c15-11-7-3-6-10-12(11)14(17)9-5-2-1-4-8(9)13(10)16/h1-7,15,17H/q-1/p-1. The topological polar surface area (TPSA) is 72.8 Å². The zero-order valence-corrected chi connectivity index (χ0v) is 8.70. The molecule has 0 radical (unpaired) electrons. The van der Waals surface area contributed by atoms with Crippen LogP contribution in [0.4, 0.5) is 22.7 Å². The fourth-order valence-electron chi connectivity index (χ4n) is 1.95. The third-order valence-electron chi connectivity index (χ3n) is 2.74. The Balaban J connectivity index is 2.29. The van der Waals surface area contributed by atoms with Crippen molar-refractivity contribution in [2.45, 2.75) is 0 Å². The van der Waals surface area contributed by atoms with E-state index in [1.54, 1.807) is 24.3 Å². The molecule has 3 rings (SSSR count). The summed E-state index contributed by atoms with van der Waals surface area (Å²) in [6.07, 6.45) is 0. The molecule has 0 spiro atoms. The van der Waals surface area contributed by atoms with Gasteiger partial charge >= 0.3 is 0 Å². The first kappa shape index (κ1) is 9.95. The molecule has 0 unspecified atom stereocenters. The maximum Gasteiger partial charge on any atom is 0.0922 e. The lowest BCUT2D eigenvalue weighted by Crippen LogP contribution is -2.24. The average Bonchev–Trinajstić information content (AvgIpc) is 2.36. The second-order valence-electron chi connectivity index (χ2n) is 3.72. The van der Waals surface area contributed by atoms with Crippen molar-refractivity contribution in [1.82, 2.24) is 0 Å². The fraction of sp³-hybridized carbons (Fsp3) is 0. The number of rotatable bonds is 0. The first-order valence-electron chi connectivity index (χ1n) is 5.05. The van der Waals surface area contributed by atoms with E-state index in [1.165, 1.54) is 18.2 Å². The van der Waals surface area contributed by atoms with Crippen LogP contribution in [0.25, 0.3) is 0 Å². The SMILES string of the molecule is [O-]c1cccc2c1N(O)c1ccccc1N2[O-]. The number of fused-ring (bicyclic) bond motifs is 2. The summed E-state index contributed by atoms with van der Waals surface area (Å²) in [5, 5.41) is 35.1. The van der Waals surface area contributed by atoms with Crippen molar-refractivity contribution in [3.8, 4) is 5.75 Å². The van der Waals surface area contributed by atoms with E-state index in [9.17, 15) is 15.5 Å². The summed E-state index contributed by atoms with van der Waals surface area (Å²) in [6, 6.07) is 10.9. The Labute approximate surface area is 97.3 Å². The highest BCUT2D eigenvalue weighted by Gasteiger charge is 2.22. The number of hydrogen-bond donors (Lipinski definition) is 1. The van der Waals surface area contributed by atoms with Crippen molar-refractivity contribution < 1.29 is 10.3 Å². The minimum absolute atomic E-state index is 0.0128. The molecule has 0 saturated heterocycles. The number of anilines is 4. The van der Waals surface area contributed by atoms with E-state index >= 15 is 0 Å². The number of benzene rings is 2. The van der Waals surface area contributed by atoms with Crippen LogP contribution >= 0.6 is 0 Å². The molecule has 0 amide bonds. The first-order valence-corrected chi connectivity index (χ1v) is 5.05. The molecule has 0 fully saturated rings. The number of para-hydroxylation sites is 3. The Morgan fingerprint density at radius 3 is 2.29 bits per heavy atom. The highest BCUT2D eigenvalue weighted by Crippen LogP contribution is 2.48. The molecule has 2 aromatic carbocycles. The Kier molecular flexibility index (Phi) is 1.98. The van der Waals surface area contributed by atoms with E-state index in [2.05, 4.69) is 0 Å². The van der Waals surface area contributed by atoms with Crippen molar-refractivity contribution in [3.05, 3.63) is 47.7 Å². The Hall–Kier alpha value is -2.24. The molecule has 1 aliphatic heterocycles. The average molecular weight is 228 g/mol. The van der Waals surface area contributed by atoms with Crippen LogP contribution in [-0.2, 0) is 0 Å². The predicted octanol–water partition coefficient (Wildman–Crippen LogP) is 2.24. The Bertz CT molecular complexity index is 586. The molecule has 1 N–H and O–H groups in total. The smallest absolute Gasteiger partial charge is 0.0922 e. The van der Waals surface area contributed by atoms with E-state index in [1.807, 2.05) is 0 Å². The lowest BCUT2D eigenvalue weighted by molar-refractivity contribution is -0.267. The molecule has 1 heterocycles. The van der Waals surface area contributed by atoms with Gasteiger partial charge in [0.25, 0.3) is 0 Å². The molecule has 5 heteroatoms. The van der Waals surface area contributed by atoms with Gasteiger partial charge in [0.2, 0.25) is 0 Å². The molecule has 0 aliphatic carbocycles. The van der Waals surface area contributed by atoms with Crippen LogP contribution in [0.2, 0.25) is 0 Å². The molecule has 0 saturated carbocycles. The minimum atomic E-state index is -0.389. The maximum absolute atomic E-state index is 12.0. The Morgan fingerprint density at radius 1 is 0.882 bits per heavy atom. The van der Waals surface area contributed by atoms with Crippen molar-refractivity contribution >= 4 is 22.7 Å². The summed E-state index contributed by atoms with van der Waals surface area (Å²) in [4.78, 5) is 0. The molecule has 0 bridgehead atoms. The van der Waals surface area contributed by atoms with E-state index in [4.69, 9.17) is 0 Å². The van der Waals surface area contributed by atoms with Crippen LogP contribution in [0.15, 0.2) is 42.5 Å². The monoisotopic (exact) mass is 228 g/mol. The van der Waals surface area contributed by atoms with Gasteiger partial charge in [0.1, 0.15) is 0 Å². The summed E-state index contributed by atoms with van der Waals surface area (Å²) in [7, 11) is 0. The van der Waals surface area contributed by atoms with E-state index < -0.39 is 0 Å². The quantitative estimate of drug-likeness (QED) is 0.748. The van der Waals surface area contributed by atoms with Crippen LogP contribution in [0.5, 0.6) is 5.75 Å². The van der Waals surface area contributed by atoms with Gasteiger partial charge in [-0.15, -0.1) is 0 Å². The third kappa shape index (κ3) is 1.27. The molecule has 86 valence electrons. The first-order chi connectivity index (χ1) is 8.20. The maximum atomic E-state index is 12.0. The van der Waals surface area contributed by atoms with Crippen LogP contribution < -0.4 is 15.2 Å². The summed E-state index contributed by atoms with van der Waals surface area (Å²) in [5.41, 5.74) is 0.756. The lowest BCUT2D eigenvalue weighted by Gasteiger charge is -2.42. The van der Waals surface area contributed by atoms with Gasteiger partial charge < -0.3 is 15.4 Å². The number of nitrogens with zero attached hydrogens (tertiary/aromatic N) is 2.